The van der Waals surface area contributed by atoms with Gasteiger partial charge in [-0.3, -0.25) is 5.10 Å². The predicted octanol–water partition coefficient (Wildman–Crippen LogP) is 1.29. The maximum atomic E-state index is 11.8. The summed E-state index contributed by atoms with van der Waals surface area (Å²) >= 11 is 0. The number of nitrogens with one attached hydrogen (secondary N) is 2. The van der Waals surface area contributed by atoms with E-state index in [4.69, 9.17) is 19.7 Å². The first-order chi connectivity index (χ1) is 16.1. The number of hydrogen-bond acceptors (Lipinski definition) is 10. The van der Waals surface area contributed by atoms with E-state index >= 15 is 0 Å². The first-order valence-electron chi connectivity index (χ1n) is 11.9. The van der Waals surface area contributed by atoms with Crippen LogP contribution in [0.3, 0.4) is 0 Å². The molecule has 1 saturated carbocycles. The fraction of sp³-hybridized carbons (Fsp3) is 0.682. The Bertz CT molecular complexity index is 1010. The molecular formula is C22H31N9O2. The van der Waals surface area contributed by atoms with Gasteiger partial charge in [0.05, 0.1) is 17.8 Å². The highest BCUT2D eigenvalue weighted by molar-refractivity contribution is 5.66. The molecule has 3 saturated heterocycles. The minimum absolute atomic E-state index is 0.0228. The molecule has 0 unspecified atom stereocenters. The Balaban J connectivity index is 1.35. The number of aromatic nitrogens is 5. The Morgan fingerprint density at radius 3 is 2.55 bits per heavy atom. The molecule has 0 radical (unpaired) electrons. The highest BCUT2D eigenvalue weighted by Gasteiger charge is 2.41. The molecule has 4 aliphatic rings. The van der Waals surface area contributed by atoms with Gasteiger partial charge in [0.2, 0.25) is 17.8 Å². The summed E-state index contributed by atoms with van der Waals surface area (Å²) in [7, 11) is 3.85. The molecule has 0 spiro atoms. The Kier molecular flexibility index (Phi) is 5.17. The smallest absolute Gasteiger partial charge is 0.234 e. The van der Waals surface area contributed by atoms with Crippen LogP contribution in [0, 0.1) is 0 Å². The maximum absolute atomic E-state index is 11.8. The number of anilines is 4. The molecule has 33 heavy (non-hydrogen) atoms. The summed E-state index contributed by atoms with van der Waals surface area (Å²) in [4.78, 5) is 33.0. The number of aromatic amines is 1. The number of H-pyrrole nitrogens is 1. The molecule has 5 heterocycles. The molecular weight excluding hydrogens is 422 g/mol. The zero-order chi connectivity index (χ0) is 22.5. The molecule has 11 heteroatoms. The van der Waals surface area contributed by atoms with Crippen LogP contribution in [-0.2, 0) is 9.53 Å². The Labute approximate surface area is 192 Å². The van der Waals surface area contributed by atoms with Crippen molar-refractivity contribution in [3.63, 3.8) is 0 Å². The minimum Gasteiger partial charge on any atom is -0.380 e. The SMILES string of the molecule is CO[C@H]1C[C@@H](C=O)N(c2nc(Nc3cc(C4CC4)n[nH]3)nc(N3[C@@H]4CC[C@H]3CN(C)C4)n2)C1. The summed E-state index contributed by atoms with van der Waals surface area (Å²) in [5, 5.41) is 10.8. The van der Waals surface area contributed by atoms with E-state index in [0.717, 1.165) is 43.7 Å². The van der Waals surface area contributed by atoms with Crippen LogP contribution in [0.5, 0.6) is 0 Å². The third-order valence-electron chi connectivity index (χ3n) is 7.40. The highest BCUT2D eigenvalue weighted by Crippen LogP contribution is 2.40. The monoisotopic (exact) mass is 453 g/mol. The molecule has 1 aliphatic carbocycles. The molecule has 6 rings (SSSR count). The number of ether oxygens (including phenoxy) is 1. The molecule has 0 aromatic carbocycles. The molecule has 2 bridgehead atoms. The Morgan fingerprint density at radius 1 is 1.09 bits per heavy atom. The van der Waals surface area contributed by atoms with Crippen LogP contribution in [-0.4, -0.2) is 94.4 Å². The fourth-order valence-electron chi connectivity index (χ4n) is 5.56. The van der Waals surface area contributed by atoms with E-state index < -0.39 is 0 Å². The van der Waals surface area contributed by atoms with Crippen molar-refractivity contribution in [2.45, 2.75) is 62.3 Å². The van der Waals surface area contributed by atoms with Crippen LogP contribution < -0.4 is 15.1 Å². The number of likely N-dealkylation sites (N-methyl/N-ethyl adjacent to an activating group) is 1. The lowest BCUT2D eigenvalue weighted by Crippen LogP contribution is -2.53. The number of aldehydes is 1. The van der Waals surface area contributed by atoms with Crippen LogP contribution in [0.1, 0.15) is 43.7 Å². The van der Waals surface area contributed by atoms with Crippen LogP contribution in [0.25, 0.3) is 0 Å². The maximum Gasteiger partial charge on any atom is 0.234 e. The van der Waals surface area contributed by atoms with Crippen LogP contribution in [0.2, 0.25) is 0 Å². The zero-order valence-corrected chi connectivity index (χ0v) is 19.1. The number of fused-ring (bicyclic) bond motifs is 2. The van der Waals surface area contributed by atoms with E-state index in [2.05, 4.69) is 32.4 Å². The third kappa shape index (κ3) is 3.93. The van der Waals surface area contributed by atoms with Gasteiger partial charge in [-0.25, -0.2) is 0 Å². The van der Waals surface area contributed by atoms with Crippen molar-refractivity contribution in [3.8, 4) is 0 Å². The largest absolute Gasteiger partial charge is 0.380 e. The van der Waals surface area contributed by atoms with Crippen molar-refractivity contribution >= 4 is 29.9 Å². The quantitative estimate of drug-likeness (QED) is 0.594. The summed E-state index contributed by atoms with van der Waals surface area (Å²) in [5.41, 5.74) is 1.08. The number of nitrogens with zero attached hydrogens (tertiary/aromatic N) is 7. The summed E-state index contributed by atoms with van der Waals surface area (Å²) in [6.07, 6.45) is 6.23. The van der Waals surface area contributed by atoms with Crippen molar-refractivity contribution in [1.82, 2.24) is 30.0 Å². The molecule has 2 aromatic heterocycles. The third-order valence-corrected chi connectivity index (χ3v) is 7.40. The number of piperazine rings is 1. The molecule has 11 nitrogen and oxygen atoms in total. The normalized spacial score (nSPS) is 29.6. The Hall–Kier alpha value is -2.79. The second-order valence-corrected chi connectivity index (χ2v) is 9.83. The van der Waals surface area contributed by atoms with Gasteiger partial charge >= 0.3 is 0 Å². The van der Waals surface area contributed by atoms with Crippen molar-refractivity contribution in [3.05, 3.63) is 11.8 Å². The number of methoxy groups -OCH3 is 1. The summed E-state index contributed by atoms with van der Waals surface area (Å²) in [6.45, 7) is 2.57. The van der Waals surface area contributed by atoms with E-state index in [1.54, 1.807) is 7.11 Å². The lowest BCUT2D eigenvalue weighted by atomic mass is 10.2. The van der Waals surface area contributed by atoms with Gasteiger partial charge in [-0.05, 0) is 32.7 Å². The number of rotatable bonds is 7. The van der Waals surface area contributed by atoms with Gasteiger partial charge in [0.25, 0.3) is 0 Å². The van der Waals surface area contributed by atoms with E-state index in [0.29, 0.717) is 48.8 Å². The average Bonchev–Trinajstić information content (AvgIpc) is 3.29. The van der Waals surface area contributed by atoms with E-state index in [-0.39, 0.29) is 12.1 Å². The zero-order valence-electron chi connectivity index (χ0n) is 19.1. The fourth-order valence-corrected chi connectivity index (χ4v) is 5.56. The van der Waals surface area contributed by atoms with E-state index in [9.17, 15) is 4.79 Å². The Morgan fingerprint density at radius 2 is 1.85 bits per heavy atom. The van der Waals surface area contributed by atoms with Gasteiger partial charge in [-0.2, -0.15) is 20.1 Å². The van der Waals surface area contributed by atoms with Crippen molar-refractivity contribution in [2.75, 3.05) is 48.9 Å². The second-order valence-electron chi connectivity index (χ2n) is 9.83. The number of carbonyl (C=O) groups excluding carboxylic acids is 1. The van der Waals surface area contributed by atoms with Crippen molar-refractivity contribution < 1.29 is 9.53 Å². The average molecular weight is 454 g/mol. The summed E-state index contributed by atoms with van der Waals surface area (Å²) in [6, 6.07) is 2.50. The van der Waals surface area contributed by atoms with Gasteiger partial charge in [0, 0.05) is 57.2 Å². The molecule has 176 valence electrons. The van der Waals surface area contributed by atoms with Crippen molar-refractivity contribution in [1.29, 1.82) is 0 Å². The van der Waals surface area contributed by atoms with E-state index in [1.165, 1.54) is 12.8 Å². The van der Waals surface area contributed by atoms with Crippen LogP contribution in [0.15, 0.2) is 6.07 Å². The molecule has 4 atom stereocenters. The molecule has 4 fully saturated rings. The molecule has 3 aliphatic heterocycles. The topological polar surface area (TPSA) is 115 Å². The first-order valence-corrected chi connectivity index (χ1v) is 11.9. The molecule has 0 amide bonds. The summed E-state index contributed by atoms with van der Waals surface area (Å²) in [5.74, 6) is 2.98. The van der Waals surface area contributed by atoms with Crippen LogP contribution >= 0.6 is 0 Å². The lowest BCUT2D eigenvalue weighted by molar-refractivity contribution is -0.109. The van der Waals surface area contributed by atoms with Crippen molar-refractivity contribution in [2.24, 2.45) is 0 Å². The predicted molar refractivity (Wildman–Crippen MR) is 123 cm³/mol. The van der Waals surface area contributed by atoms with Crippen LogP contribution in [0.4, 0.5) is 23.7 Å². The molecule has 2 aromatic rings. The standard InChI is InChI=1S/C22H31N9O2/c1-29-9-14-5-6-15(10-29)31(14)22-25-20(23-19-8-18(27-28-19)13-3-4-13)24-21(26-22)30-11-17(33-2)7-16(30)12-32/h8,12-17H,3-7,9-11H2,1-2H3,(H2,23,24,25,26,27,28)/t14-,15+,16-,17-/m0/s1. The number of hydrogen-bond donors (Lipinski definition) is 2. The minimum atomic E-state index is -0.309. The van der Waals surface area contributed by atoms with E-state index in [1.807, 2.05) is 11.0 Å². The van der Waals surface area contributed by atoms with Gasteiger partial charge in [0.15, 0.2) is 0 Å². The number of carbonyl (C=O) groups is 1. The van der Waals surface area contributed by atoms with Gasteiger partial charge in [-0.15, -0.1) is 0 Å². The van der Waals surface area contributed by atoms with Gasteiger partial charge in [-0.1, -0.05) is 0 Å². The summed E-state index contributed by atoms with van der Waals surface area (Å²) < 4.78 is 5.54. The highest BCUT2D eigenvalue weighted by atomic mass is 16.5. The first kappa shape index (κ1) is 20.8. The number of likely N-dealkylation sites (tertiary alicyclic amines) is 1. The van der Waals surface area contributed by atoms with Gasteiger partial charge in [0.1, 0.15) is 12.1 Å². The van der Waals surface area contributed by atoms with Gasteiger partial charge < -0.3 is 29.5 Å². The second kappa shape index (κ2) is 8.21. The lowest BCUT2D eigenvalue weighted by Gasteiger charge is -2.39. The molecule has 2 N–H and O–H groups in total.